The molecule has 2 atom stereocenters. The maximum atomic E-state index is 12.7. The van der Waals surface area contributed by atoms with Gasteiger partial charge in [0.25, 0.3) is 5.91 Å². The van der Waals surface area contributed by atoms with Crippen molar-refractivity contribution in [2.45, 2.75) is 45.1 Å². The summed E-state index contributed by atoms with van der Waals surface area (Å²) in [5.41, 5.74) is -0.0119. The number of methoxy groups -OCH3 is 1. The highest BCUT2D eigenvalue weighted by Gasteiger charge is 2.29. The zero-order valence-electron chi connectivity index (χ0n) is 16.3. The van der Waals surface area contributed by atoms with Gasteiger partial charge in [-0.2, -0.15) is 4.31 Å². The number of nitrogens with one attached hydrogen (secondary N) is 1. The van der Waals surface area contributed by atoms with Crippen molar-refractivity contribution < 1.29 is 22.7 Å². The molecule has 1 aromatic rings. The molecule has 0 fully saturated rings. The van der Waals surface area contributed by atoms with Gasteiger partial charge in [0.1, 0.15) is 6.04 Å². The third kappa shape index (κ3) is 5.43. The number of amides is 1. The van der Waals surface area contributed by atoms with Crippen LogP contribution in [0.2, 0.25) is 5.02 Å². The van der Waals surface area contributed by atoms with Crippen LogP contribution in [0.5, 0.6) is 0 Å². The van der Waals surface area contributed by atoms with Crippen molar-refractivity contribution in [3.8, 4) is 0 Å². The van der Waals surface area contributed by atoms with E-state index in [4.69, 9.17) is 16.3 Å². The van der Waals surface area contributed by atoms with Gasteiger partial charge >= 0.3 is 5.97 Å². The Hall–Kier alpha value is -1.64. The van der Waals surface area contributed by atoms with E-state index in [1.165, 1.54) is 29.6 Å². The zero-order chi connectivity index (χ0) is 20.8. The van der Waals surface area contributed by atoms with Gasteiger partial charge in [0.15, 0.2) is 0 Å². The SMILES string of the molecule is CC[C@@H](C)[C@@H](NC(=O)c1cc(S(=O)(=O)N(CC)CC)ccc1Cl)C(=O)OC. The number of carbonyl (C=O) groups is 2. The summed E-state index contributed by atoms with van der Waals surface area (Å²) in [6.45, 7) is 7.78. The number of carbonyl (C=O) groups excluding carboxylic acids is 2. The Morgan fingerprint density at radius 1 is 1.22 bits per heavy atom. The van der Waals surface area contributed by atoms with Crippen LogP contribution in [-0.2, 0) is 19.6 Å². The van der Waals surface area contributed by atoms with Crippen LogP contribution in [0.15, 0.2) is 23.1 Å². The van der Waals surface area contributed by atoms with Crippen molar-refractivity contribution in [3.63, 3.8) is 0 Å². The maximum absolute atomic E-state index is 12.7. The first-order chi connectivity index (χ1) is 12.6. The molecule has 0 saturated heterocycles. The number of esters is 1. The molecule has 1 amide bonds. The number of hydrogen-bond acceptors (Lipinski definition) is 5. The van der Waals surface area contributed by atoms with Gasteiger partial charge in [-0.05, 0) is 24.1 Å². The molecule has 0 unspecified atom stereocenters. The molecule has 152 valence electrons. The molecule has 0 aliphatic heterocycles. The van der Waals surface area contributed by atoms with Crippen molar-refractivity contribution >= 4 is 33.5 Å². The van der Waals surface area contributed by atoms with Gasteiger partial charge in [0, 0.05) is 13.1 Å². The normalized spacial score (nSPS) is 13.9. The van der Waals surface area contributed by atoms with Gasteiger partial charge in [-0.15, -0.1) is 0 Å². The van der Waals surface area contributed by atoms with Gasteiger partial charge < -0.3 is 10.1 Å². The minimum absolute atomic E-state index is 0.0119. The van der Waals surface area contributed by atoms with Gasteiger partial charge in [0.2, 0.25) is 10.0 Å². The quantitative estimate of drug-likeness (QED) is 0.622. The van der Waals surface area contributed by atoms with E-state index in [2.05, 4.69) is 5.32 Å². The van der Waals surface area contributed by atoms with Crippen LogP contribution < -0.4 is 5.32 Å². The van der Waals surface area contributed by atoms with Gasteiger partial charge in [-0.3, -0.25) is 4.79 Å². The lowest BCUT2D eigenvalue weighted by Gasteiger charge is -2.22. The third-order valence-corrected chi connectivity index (χ3v) is 6.86. The van der Waals surface area contributed by atoms with Crippen LogP contribution in [0.25, 0.3) is 0 Å². The lowest BCUT2D eigenvalue weighted by molar-refractivity contribution is -0.144. The number of benzene rings is 1. The molecule has 0 spiro atoms. The Labute approximate surface area is 166 Å². The van der Waals surface area contributed by atoms with E-state index in [0.29, 0.717) is 19.5 Å². The van der Waals surface area contributed by atoms with E-state index < -0.39 is 27.9 Å². The summed E-state index contributed by atoms with van der Waals surface area (Å²) in [7, 11) is -2.50. The average molecular weight is 419 g/mol. The predicted octanol–water partition coefficient (Wildman–Crippen LogP) is 2.69. The number of hydrogen-bond donors (Lipinski definition) is 1. The lowest BCUT2D eigenvalue weighted by Crippen LogP contribution is -2.45. The largest absolute Gasteiger partial charge is 0.467 e. The monoisotopic (exact) mass is 418 g/mol. The second-order valence-electron chi connectivity index (χ2n) is 6.09. The Kier molecular flexibility index (Phi) is 8.71. The van der Waals surface area contributed by atoms with Crippen LogP contribution in [0.3, 0.4) is 0 Å². The number of halogens is 1. The van der Waals surface area contributed by atoms with Gasteiger partial charge in [0.05, 0.1) is 22.6 Å². The summed E-state index contributed by atoms with van der Waals surface area (Å²) in [4.78, 5) is 24.6. The summed E-state index contributed by atoms with van der Waals surface area (Å²) in [5, 5.41) is 2.70. The smallest absolute Gasteiger partial charge is 0.328 e. The molecular weight excluding hydrogens is 392 g/mol. The van der Waals surface area contributed by atoms with Crippen molar-refractivity contribution in [1.82, 2.24) is 9.62 Å². The van der Waals surface area contributed by atoms with Gasteiger partial charge in [-0.25, -0.2) is 13.2 Å². The molecule has 0 bridgehead atoms. The second kappa shape index (κ2) is 10.1. The fourth-order valence-corrected chi connectivity index (χ4v) is 4.25. The lowest BCUT2D eigenvalue weighted by atomic mass is 9.99. The molecule has 0 radical (unpaired) electrons. The fourth-order valence-electron chi connectivity index (χ4n) is 2.57. The highest BCUT2D eigenvalue weighted by Crippen LogP contribution is 2.23. The summed E-state index contributed by atoms with van der Waals surface area (Å²) >= 11 is 6.11. The molecule has 0 aliphatic carbocycles. The molecule has 0 aliphatic rings. The van der Waals surface area contributed by atoms with E-state index in [1.54, 1.807) is 13.8 Å². The summed E-state index contributed by atoms with van der Waals surface area (Å²) < 4.78 is 31.4. The van der Waals surface area contributed by atoms with Crippen molar-refractivity contribution in [3.05, 3.63) is 28.8 Å². The minimum Gasteiger partial charge on any atom is -0.467 e. The summed E-state index contributed by atoms with van der Waals surface area (Å²) in [6.07, 6.45) is 0.643. The Morgan fingerprint density at radius 3 is 2.30 bits per heavy atom. The van der Waals surface area contributed by atoms with Crippen LogP contribution in [0.4, 0.5) is 0 Å². The molecule has 27 heavy (non-hydrogen) atoms. The number of rotatable bonds is 9. The first-order valence-electron chi connectivity index (χ1n) is 8.82. The van der Waals surface area contributed by atoms with E-state index in [-0.39, 0.29) is 21.4 Å². The highest BCUT2D eigenvalue weighted by atomic mass is 35.5. The molecule has 0 heterocycles. The Morgan fingerprint density at radius 2 is 1.81 bits per heavy atom. The van der Waals surface area contributed by atoms with Crippen molar-refractivity contribution in [2.24, 2.45) is 5.92 Å². The zero-order valence-corrected chi connectivity index (χ0v) is 17.9. The van der Waals surface area contributed by atoms with E-state index in [0.717, 1.165) is 0 Å². The fraction of sp³-hybridized carbons (Fsp3) is 0.556. The van der Waals surface area contributed by atoms with Crippen LogP contribution in [0.1, 0.15) is 44.5 Å². The van der Waals surface area contributed by atoms with E-state index >= 15 is 0 Å². The average Bonchev–Trinajstić information content (AvgIpc) is 2.65. The number of ether oxygens (including phenoxy) is 1. The van der Waals surface area contributed by atoms with Crippen LogP contribution in [-0.4, -0.2) is 50.8 Å². The van der Waals surface area contributed by atoms with E-state index in [9.17, 15) is 18.0 Å². The Balaban J connectivity index is 3.26. The van der Waals surface area contributed by atoms with Crippen molar-refractivity contribution in [1.29, 1.82) is 0 Å². The van der Waals surface area contributed by atoms with Crippen molar-refractivity contribution in [2.75, 3.05) is 20.2 Å². The summed E-state index contributed by atoms with van der Waals surface area (Å²) in [5.74, 6) is -1.36. The number of nitrogens with zero attached hydrogens (tertiary/aromatic N) is 1. The summed E-state index contributed by atoms with van der Waals surface area (Å²) in [6, 6.07) is 3.10. The first kappa shape index (κ1) is 23.4. The molecule has 1 rings (SSSR count). The topological polar surface area (TPSA) is 92.8 Å². The molecular formula is C18H27ClN2O5S. The molecule has 1 aromatic carbocycles. The standard InChI is InChI=1S/C18H27ClN2O5S/c1-6-12(4)16(18(23)26-5)20-17(22)14-11-13(9-10-15(14)19)27(24,25)21(7-2)8-3/h9-12,16H,6-8H2,1-5H3,(H,20,22)/t12-,16-/m1/s1. The molecule has 9 heteroatoms. The third-order valence-electron chi connectivity index (χ3n) is 4.48. The molecule has 7 nitrogen and oxygen atoms in total. The minimum atomic E-state index is -3.74. The molecule has 0 aromatic heterocycles. The predicted molar refractivity (Wildman–Crippen MR) is 104 cm³/mol. The first-order valence-corrected chi connectivity index (χ1v) is 10.6. The highest BCUT2D eigenvalue weighted by molar-refractivity contribution is 7.89. The number of sulfonamides is 1. The second-order valence-corrected chi connectivity index (χ2v) is 8.44. The van der Waals surface area contributed by atoms with Gasteiger partial charge in [-0.1, -0.05) is 45.7 Å². The van der Waals surface area contributed by atoms with E-state index in [1.807, 2.05) is 13.8 Å². The Bertz CT molecular complexity index is 778. The maximum Gasteiger partial charge on any atom is 0.328 e. The van der Waals surface area contributed by atoms with Crippen LogP contribution in [0, 0.1) is 5.92 Å². The molecule has 1 N–H and O–H groups in total. The molecule has 0 saturated carbocycles. The van der Waals surface area contributed by atoms with Crippen LogP contribution >= 0.6 is 11.6 Å².